The zero-order valence-electron chi connectivity index (χ0n) is 18.2. The second-order valence-electron chi connectivity index (χ2n) is 7.80. The van der Waals surface area contributed by atoms with Crippen LogP contribution in [-0.2, 0) is 27.5 Å². The number of aromatic nitrogens is 4. The van der Waals surface area contributed by atoms with E-state index in [9.17, 15) is 35.2 Å². The van der Waals surface area contributed by atoms with Gasteiger partial charge in [0.15, 0.2) is 0 Å². The number of hydrogen-bond acceptors (Lipinski definition) is 7. The molecule has 4 heterocycles. The lowest BCUT2D eigenvalue weighted by molar-refractivity contribution is -0.141. The van der Waals surface area contributed by atoms with Gasteiger partial charge in [-0.05, 0) is 24.3 Å². The molecule has 0 radical (unpaired) electrons. The van der Waals surface area contributed by atoms with Gasteiger partial charge >= 0.3 is 6.18 Å². The minimum atomic E-state index is -4.59. The van der Waals surface area contributed by atoms with Crippen molar-refractivity contribution in [2.45, 2.75) is 36.3 Å². The Kier molecular flexibility index (Phi) is 6.95. The standard InChI is InChI=1S/C21H17F5N6O3S/c22-13-3-16(9-27-7-13)36(34,35)32-10-14(23)4-18(32)20(33)29-8-15-5-17(31-11-30-15)12-1-2-19(28-6-12)21(24,25)26/h1-3,5-7,9,11,14,18H,4,8,10H2,(H,29,33). The highest BCUT2D eigenvalue weighted by Crippen LogP contribution is 2.29. The van der Waals surface area contributed by atoms with E-state index in [4.69, 9.17) is 0 Å². The molecule has 9 nitrogen and oxygen atoms in total. The Morgan fingerprint density at radius 3 is 2.56 bits per heavy atom. The highest BCUT2D eigenvalue weighted by molar-refractivity contribution is 7.89. The summed E-state index contributed by atoms with van der Waals surface area (Å²) in [6.07, 6.45) is -2.77. The minimum absolute atomic E-state index is 0.203. The first-order valence-corrected chi connectivity index (χ1v) is 11.8. The molecular formula is C21H17F5N6O3S. The lowest BCUT2D eigenvalue weighted by Gasteiger charge is -2.22. The van der Waals surface area contributed by atoms with E-state index in [1.807, 2.05) is 0 Å². The number of halogens is 5. The maximum atomic E-state index is 14.1. The van der Waals surface area contributed by atoms with Crippen molar-refractivity contribution in [1.29, 1.82) is 0 Å². The molecule has 1 N–H and O–H groups in total. The van der Waals surface area contributed by atoms with Gasteiger partial charge in [0.05, 0.1) is 24.1 Å². The summed E-state index contributed by atoms with van der Waals surface area (Å²) in [6, 6.07) is 2.72. The number of nitrogens with zero attached hydrogens (tertiary/aromatic N) is 5. The molecule has 1 aliphatic heterocycles. The third-order valence-corrected chi connectivity index (χ3v) is 7.15. The summed E-state index contributed by atoms with van der Waals surface area (Å²) in [4.78, 5) is 27.1. The van der Waals surface area contributed by atoms with Crippen LogP contribution in [0.25, 0.3) is 11.3 Å². The molecule has 1 aliphatic rings. The molecule has 1 saturated heterocycles. The van der Waals surface area contributed by atoms with E-state index in [1.165, 1.54) is 12.1 Å². The number of amides is 1. The zero-order chi connectivity index (χ0) is 26.1. The number of carbonyl (C=O) groups excluding carboxylic acids is 1. The number of hydrogen-bond donors (Lipinski definition) is 1. The van der Waals surface area contributed by atoms with E-state index in [2.05, 4.69) is 25.3 Å². The lowest BCUT2D eigenvalue weighted by atomic mass is 10.1. The Hall–Kier alpha value is -3.59. The van der Waals surface area contributed by atoms with Crippen LogP contribution >= 0.6 is 0 Å². The number of pyridine rings is 2. The average Bonchev–Trinajstić information content (AvgIpc) is 3.25. The summed E-state index contributed by atoms with van der Waals surface area (Å²) in [5.41, 5.74) is -0.297. The Morgan fingerprint density at radius 2 is 1.89 bits per heavy atom. The van der Waals surface area contributed by atoms with E-state index in [-0.39, 0.29) is 23.5 Å². The highest BCUT2D eigenvalue weighted by atomic mass is 32.2. The second kappa shape index (κ2) is 9.81. The number of rotatable bonds is 6. The molecule has 2 unspecified atom stereocenters. The molecule has 0 saturated carbocycles. The first-order chi connectivity index (χ1) is 16.9. The van der Waals surface area contributed by atoms with Gasteiger partial charge in [0.2, 0.25) is 15.9 Å². The van der Waals surface area contributed by atoms with Gasteiger partial charge in [-0.25, -0.2) is 27.2 Å². The Labute approximate surface area is 201 Å². The third kappa shape index (κ3) is 5.46. The maximum absolute atomic E-state index is 14.1. The Balaban J connectivity index is 1.47. The fourth-order valence-corrected chi connectivity index (χ4v) is 5.19. The van der Waals surface area contributed by atoms with Crippen molar-refractivity contribution in [2.75, 3.05) is 6.54 Å². The molecule has 4 rings (SSSR count). The van der Waals surface area contributed by atoms with Crippen LogP contribution in [0.2, 0.25) is 0 Å². The van der Waals surface area contributed by atoms with Crippen LogP contribution < -0.4 is 5.32 Å². The van der Waals surface area contributed by atoms with E-state index < -0.39 is 63.7 Å². The normalized spacial score (nSPS) is 18.8. The molecule has 3 aromatic rings. The quantitative estimate of drug-likeness (QED) is 0.489. The van der Waals surface area contributed by atoms with E-state index in [0.717, 1.165) is 37.1 Å². The number of alkyl halides is 4. The average molecular weight is 528 g/mol. The molecular weight excluding hydrogens is 511 g/mol. The lowest BCUT2D eigenvalue weighted by Crippen LogP contribution is -2.45. The van der Waals surface area contributed by atoms with Gasteiger partial charge in [0.25, 0.3) is 0 Å². The maximum Gasteiger partial charge on any atom is 0.433 e. The van der Waals surface area contributed by atoms with Crippen LogP contribution in [0.15, 0.2) is 54.1 Å². The Morgan fingerprint density at radius 1 is 1.11 bits per heavy atom. The molecule has 0 aromatic carbocycles. The van der Waals surface area contributed by atoms with Crippen LogP contribution in [0.3, 0.4) is 0 Å². The monoisotopic (exact) mass is 528 g/mol. The first-order valence-electron chi connectivity index (χ1n) is 10.3. The van der Waals surface area contributed by atoms with Crippen LogP contribution in [0.4, 0.5) is 22.0 Å². The van der Waals surface area contributed by atoms with Crippen molar-refractivity contribution in [2.24, 2.45) is 0 Å². The minimum Gasteiger partial charge on any atom is -0.349 e. The van der Waals surface area contributed by atoms with Gasteiger partial charge in [0, 0.05) is 30.9 Å². The van der Waals surface area contributed by atoms with Crippen LogP contribution in [0.5, 0.6) is 0 Å². The van der Waals surface area contributed by atoms with Crippen LogP contribution in [0, 0.1) is 5.82 Å². The molecule has 15 heteroatoms. The predicted octanol–water partition coefficient (Wildman–Crippen LogP) is 2.51. The second-order valence-corrected chi connectivity index (χ2v) is 9.70. The molecule has 190 valence electrons. The van der Waals surface area contributed by atoms with Gasteiger partial charge in [-0.2, -0.15) is 17.5 Å². The fourth-order valence-electron chi connectivity index (χ4n) is 3.59. The summed E-state index contributed by atoms with van der Waals surface area (Å²) in [5, 5.41) is 2.48. The topological polar surface area (TPSA) is 118 Å². The van der Waals surface area contributed by atoms with Gasteiger partial charge in [0.1, 0.15) is 34.9 Å². The zero-order valence-corrected chi connectivity index (χ0v) is 19.0. The molecule has 1 amide bonds. The van der Waals surface area contributed by atoms with E-state index in [1.54, 1.807) is 0 Å². The molecule has 0 spiro atoms. The van der Waals surface area contributed by atoms with E-state index >= 15 is 0 Å². The van der Waals surface area contributed by atoms with Gasteiger partial charge in [-0.15, -0.1) is 0 Å². The van der Waals surface area contributed by atoms with Gasteiger partial charge < -0.3 is 5.32 Å². The predicted molar refractivity (Wildman–Crippen MR) is 113 cm³/mol. The summed E-state index contributed by atoms with van der Waals surface area (Å²) < 4.78 is 92.2. The summed E-state index contributed by atoms with van der Waals surface area (Å²) in [7, 11) is -4.41. The van der Waals surface area contributed by atoms with Crippen molar-refractivity contribution in [3.8, 4) is 11.3 Å². The number of nitrogens with one attached hydrogen (secondary N) is 1. The fraction of sp³-hybridized carbons (Fsp3) is 0.286. The van der Waals surface area contributed by atoms with Gasteiger partial charge in [-0.3, -0.25) is 14.8 Å². The SMILES string of the molecule is O=C(NCc1cc(-c2ccc(C(F)(F)F)nc2)ncn1)C1CC(F)CN1S(=O)(=O)c1cncc(F)c1. The molecule has 2 atom stereocenters. The Bertz CT molecular complexity index is 1370. The van der Waals surface area contributed by atoms with Crippen molar-refractivity contribution in [3.63, 3.8) is 0 Å². The van der Waals surface area contributed by atoms with Crippen LogP contribution in [0.1, 0.15) is 17.8 Å². The number of sulfonamides is 1. The van der Waals surface area contributed by atoms with Crippen molar-refractivity contribution in [3.05, 3.63) is 66.4 Å². The molecule has 0 aliphatic carbocycles. The van der Waals surface area contributed by atoms with E-state index in [0.29, 0.717) is 4.31 Å². The number of carbonyl (C=O) groups is 1. The van der Waals surface area contributed by atoms with Crippen molar-refractivity contribution < 1.29 is 35.2 Å². The highest BCUT2D eigenvalue weighted by Gasteiger charge is 2.44. The summed E-state index contributed by atoms with van der Waals surface area (Å²) in [5.74, 6) is -1.71. The smallest absolute Gasteiger partial charge is 0.349 e. The molecule has 3 aromatic heterocycles. The molecule has 0 bridgehead atoms. The first kappa shape index (κ1) is 25.5. The van der Waals surface area contributed by atoms with Crippen molar-refractivity contribution in [1.82, 2.24) is 29.6 Å². The van der Waals surface area contributed by atoms with Gasteiger partial charge in [-0.1, -0.05) is 0 Å². The largest absolute Gasteiger partial charge is 0.433 e. The van der Waals surface area contributed by atoms with Crippen molar-refractivity contribution >= 4 is 15.9 Å². The molecule has 36 heavy (non-hydrogen) atoms. The van der Waals surface area contributed by atoms with Crippen LogP contribution in [-0.4, -0.2) is 57.3 Å². The molecule has 1 fully saturated rings. The third-order valence-electron chi connectivity index (χ3n) is 5.31. The summed E-state index contributed by atoms with van der Waals surface area (Å²) in [6.45, 7) is -0.791. The summed E-state index contributed by atoms with van der Waals surface area (Å²) >= 11 is 0.